The summed E-state index contributed by atoms with van der Waals surface area (Å²) in [6.07, 6.45) is 1.60. The second kappa shape index (κ2) is 8.42. The zero-order valence-corrected chi connectivity index (χ0v) is 16.0. The van der Waals surface area contributed by atoms with Crippen LogP contribution in [0.3, 0.4) is 0 Å². The summed E-state index contributed by atoms with van der Waals surface area (Å²) in [5.41, 5.74) is 0.965. The number of hydrogen-bond donors (Lipinski definition) is 1. The molecule has 0 unspecified atom stereocenters. The third kappa shape index (κ3) is 4.28. The van der Waals surface area contributed by atoms with Crippen molar-refractivity contribution >= 4 is 29.3 Å². The smallest absolute Gasteiger partial charge is 0.230 e. The average Bonchev–Trinajstić information content (AvgIpc) is 3.28. The zero-order valence-electron chi connectivity index (χ0n) is 14.5. The molecule has 8 heteroatoms. The Morgan fingerprint density at radius 2 is 2.19 bits per heavy atom. The molecule has 3 aromatic rings. The van der Waals surface area contributed by atoms with Gasteiger partial charge in [0.2, 0.25) is 5.91 Å². The monoisotopic (exact) mass is 390 g/mol. The van der Waals surface area contributed by atoms with Crippen LogP contribution in [0, 0.1) is 0 Å². The first-order chi connectivity index (χ1) is 12.6. The Morgan fingerprint density at radius 3 is 2.88 bits per heavy atom. The molecule has 2 aromatic heterocycles. The minimum atomic E-state index is -0.121. The molecule has 0 aliphatic rings. The summed E-state index contributed by atoms with van der Waals surface area (Å²) in [5.74, 6) is 1.49. The van der Waals surface area contributed by atoms with E-state index in [4.69, 9.17) is 16.0 Å². The lowest BCUT2D eigenvalue weighted by atomic mass is 10.1. The fourth-order valence-electron chi connectivity index (χ4n) is 2.54. The Bertz CT molecular complexity index is 879. The molecule has 0 saturated heterocycles. The van der Waals surface area contributed by atoms with Gasteiger partial charge in [0.1, 0.15) is 0 Å². The number of benzene rings is 1. The minimum Gasteiger partial charge on any atom is -0.461 e. The fourth-order valence-corrected chi connectivity index (χ4v) is 3.55. The Hall–Kier alpha value is -2.25. The number of nitrogens with one attached hydrogen (secondary N) is 1. The first-order valence-corrected chi connectivity index (χ1v) is 9.59. The maximum absolute atomic E-state index is 12.3. The van der Waals surface area contributed by atoms with E-state index in [0.29, 0.717) is 28.3 Å². The highest BCUT2D eigenvalue weighted by molar-refractivity contribution is 7.99. The number of furan rings is 1. The lowest BCUT2D eigenvalue weighted by Crippen LogP contribution is -2.28. The van der Waals surface area contributed by atoms with Gasteiger partial charge in [-0.15, -0.1) is 10.2 Å². The van der Waals surface area contributed by atoms with Gasteiger partial charge in [-0.2, -0.15) is 0 Å². The van der Waals surface area contributed by atoms with Crippen molar-refractivity contribution in [3.63, 3.8) is 0 Å². The van der Waals surface area contributed by atoms with Crippen LogP contribution < -0.4 is 5.32 Å². The zero-order chi connectivity index (χ0) is 18.5. The summed E-state index contributed by atoms with van der Waals surface area (Å²) in [6, 6.07) is 11.0. The van der Waals surface area contributed by atoms with Crippen molar-refractivity contribution in [2.75, 3.05) is 5.75 Å². The number of carbonyl (C=O) groups excluding carboxylic acids is 1. The van der Waals surface area contributed by atoms with Crippen LogP contribution in [0.1, 0.15) is 25.5 Å². The predicted molar refractivity (Wildman–Crippen MR) is 102 cm³/mol. The first-order valence-electron chi connectivity index (χ1n) is 8.23. The van der Waals surface area contributed by atoms with Crippen molar-refractivity contribution in [2.45, 2.75) is 31.6 Å². The highest BCUT2D eigenvalue weighted by Gasteiger charge is 2.17. The lowest BCUT2D eigenvalue weighted by Gasteiger charge is -2.14. The quantitative estimate of drug-likeness (QED) is 0.612. The van der Waals surface area contributed by atoms with E-state index in [2.05, 4.69) is 15.5 Å². The molecular weight excluding hydrogens is 372 g/mol. The van der Waals surface area contributed by atoms with E-state index in [1.807, 2.05) is 54.8 Å². The maximum atomic E-state index is 12.3. The molecule has 136 valence electrons. The van der Waals surface area contributed by atoms with Crippen LogP contribution in [0.5, 0.6) is 0 Å². The van der Waals surface area contributed by atoms with E-state index in [1.54, 1.807) is 6.26 Å². The summed E-state index contributed by atoms with van der Waals surface area (Å²) in [4.78, 5) is 12.3. The molecule has 26 heavy (non-hydrogen) atoms. The van der Waals surface area contributed by atoms with Crippen LogP contribution in [0.15, 0.2) is 52.2 Å². The molecule has 0 bridgehead atoms. The number of carbonyl (C=O) groups is 1. The van der Waals surface area contributed by atoms with Gasteiger partial charge in [0.15, 0.2) is 16.7 Å². The van der Waals surface area contributed by atoms with Crippen LogP contribution in [0.25, 0.3) is 11.6 Å². The van der Waals surface area contributed by atoms with Gasteiger partial charge in [0.25, 0.3) is 0 Å². The van der Waals surface area contributed by atoms with Gasteiger partial charge in [0.05, 0.1) is 18.1 Å². The highest BCUT2D eigenvalue weighted by atomic mass is 35.5. The molecule has 6 nitrogen and oxygen atoms in total. The van der Waals surface area contributed by atoms with E-state index in [9.17, 15) is 4.79 Å². The van der Waals surface area contributed by atoms with Crippen LogP contribution in [-0.4, -0.2) is 26.4 Å². The summed E-state index contributed by atoms with van der Waals surface area (Å²) >= 11 is 7.35. The van der Waals surface area contributed by atoms with E-state index in [0.717, 1.165) is 5.56 Å². The van der Waals surface area contributed by atoms with Crippen molar-refractivity contribution in [2.24, 2.45) is 0 Å². The molecule has 0 aliphatic heterocycles. The molecule has 2 heterocycles. The molecule has 0 radical (unpaired) electrons. The Kier molecular flexibility index (Phi) is 6.00. The van der Waals surface area contributed by atoms with E-state index in [1.165, 1.54) is 11.8 Å². The Morgan fingerprint density at radius 1 is 1.35 bits per heavy atom. The van der Waals surface area contributed by atoms with Crippen molar-refractivity contribution in [1.29, 1.82) is 0 Å². The molecule has 1 atom stereocenters. The maximum Gasteiger partial charge on any atom is 0.230 e. The normalized spacial score (nSPS) is 12.1. The molecule has 1 amide bonds. The Labute approximate surface area is 160 Å². The molecule has 0 fully saturated rings. The second-order valence-electron chi connectivity index (χ2n) is 5.66. The van der Waals surface area contributed by atoms with Gasteiger partial charge < -0.3 is 9.73 Å². The fraction of sp³-hybridized carbons (Fsp3) is 0.278. The summed E-state index contributed by atoms with van der Waals surface area (Å²) in [6.45, 7) is 4.62. The first kappa shape index (κ1) is 18.5. The van der Waals surface area contributed by atoms with Crippen molar-refractivity contribution in [1.82, 2.24) is 20.1 Å². The van der Waals surface area contributed by atoms with Gasteiger partial charge in [0, 0.05) is 11.6 Å². The van der Waals surface area contributed by atoms with Gasteiger partial charge in [-0.3, -0.25) is 9.36 Å². The number of aromatic nitrogens is 3. The minimum absolute atomic E-state index is 0.0762. The summed E-state index contributed by atoms with van der Waals surface area (Å²) in [5, 5.41) is 12.7. The third-order valence-electron chi connectivity index (χ3n) is 3.83. The van der Waals surface area contributed by atoms with Crippen LogP contribution in [0.2, 0.25) is 5.02 Å². The number of amides is 1. The molecular formula is C18H19ClN4O2S. The number of halogens is 1. The predicted octanol–water partition coefficient (Wildman–Crippen LogP) is 4.18. The van der Waals surface area contributed by atoms with Crippen LogP contribution >= 0.6 is 23.4 Å². The molecule has 3 rings (SSSR count). The number of rotatable bonds is 7. The molecule has 0 aliphatic carbocycles. The van der Waals surface area contributed by atoms with E-state index < -0.39 is 0 Å². The van der Waals surface area contributed by atoms with E-state index >= 15 is 0 Å². The van der Waals surface area contributed by atoms with Gasteiger partial charge in [-0.1, -0.05) is 35.5 Å². The van der Waals surface area contributed by atoms with Crippen molar-refractivity contribution < 1.29 is 9.21 Å². The lowest BCUT2D eigenvalue weighted by molar-refractivity contribution is -0.119. The van der Waals surface area contributed by atoms with Gasteiger partial charge in [-0.25, -0.2) is 0 Å². The van der Waals surface area contributed by atoms with Crippen LogP contribution in [0.4, 0.5) is 0 Å². The number of thioether (sulfide) groups is 1. The van der Waals surface area contributed by atoms with Crippen molar-refractivity contribution in [3.8, 4) is 11.6 Å². The van der Waals surface area contributed by atoms with Gasteiger partial charge in [-0.05, 0) is 43.7 Å². The second-order valence-corrected chi connectivity index (χ2v) is 7.04. The van der Waals surface area contributed by atoms with E-state index in [-0.39, 0.29) is 17.7 Å². The molecule has 1 N–H and O–H groups in total. The highest BCUT2D eigenvalue weighted by Crippen LogP contribution is 2.24. The Balaban J connectivity index is 1.61. The standard InChI is InChI=1S/C18H19ClN4O2S/c1-3-23-17(15-8-5-9-25-15)21-22-18(23)26-11-16(24)20-12(2)13-6-4-7-14(19)10-13/h4-10,12H,3,11H2,1-2H3,(H,20,24)/t12-/m0/s1. The molecule has 0 saturated carbocycles. The summed E-state index contributed by atoms with van der Waals surface area (Å²) in [7, 11) is 0. The molecule has 0 spiro atoms. The van der Waals surface area contributed by atoms with Gasteiger partial charge >= 0.3 is 0 Å². The molecule has 1 aromatic carbocycles. The van der Waals surface area contributed by atoms with Crippen molar-refractivity contribution in [3.05, 3.63) is 53.2 Å². The number of hydrogen-bond acceptors (Lipinski definition) is 5. The summed E-state index contributed by atoms with van der Waals surface area (Å²) < 4.78 is 7.32. The number of nitrogens with zero attached hydrogens (tertiary/aromatic N) is 3. The average molecular weight is 391 g/mol. The largest absolute Gasteiger partial charge is 0.461 e. The third-order valence-corrected chi connectivity index (χ3v) is 5.04. The topological polar surface area (TPSA) is 73.0 Å². The SMILES string of the molecule is CCn1c(SCC(=O)N[C@@H](C)c2cccc(Cl)c2)nnc1-c1ccco1. The van der Waals surface area contributed by atoms with Crippen LogP contribution in [-0.2, 0) is 11.3 Å².